The molecule has 0 saturated carbocycles. The summed E-state index contributed by atoms with van der Waals surface area (Å²) < 4.78 is 18.8. The van der Waals surface area contributed by atoms with Crippen molar-refractivity contribution in [2.45, 2.75) is 6.04 Å². The number of hydrogen-bond donors (Lipinski definition) is 0. The second-order valence-electron chi connectivity index (χ2n) is 13.7. The van der Waals surface area contributed by atoms with Crippen molar-refractivity contribution in [2.75, 3.05) is 7.05 Å². The van der Waals surface area contributed by atoms with Crippen molar-refractivity contribution in [3.8, 4) is 33.4 Å². The van der Waals surface area contributed by atoms with Gasteiger partial charge >= 0.3 is 0 Å². The van der Waals surface area contributed by atoms with E-state index in [4.69, 9.17) is 18.2 Å². The summed E-state index contributed by atoms with van der Waals surface area (Å²) in [6.07, 6.45) is 1.92. The number of nitrogens with zero attached hydrogens (tertiary/aromatic N) is 2. The molecule has 11 rings (SSSR count). The third-order valence-corrected chi connectivity index (χ3v) is 10.5. The Labute approximate surface area is 298 Å². The summed E-state index contributed by atoms with van der Waals surface area (Å²) in [7, 11) is 2.06. The molecule has 1 atom stereocenters. The fraction of sp³-hybridized carbons (Fsp3) is 0.0426. The molecule has 0 amide bonds. The molecule has 0 fully saturated rings. The molecule has 1 unspecified atom stereocenters. The molecule has 1 aliphatic heterocycles. The van der Waals surface area contributed by atoms with Gasteiger partial charge < -0.3 is 18.2 Å². The van der Waals surface area contributed by atoms with Gasteiger partial charge in [0, 0.05) is 34.0 Å². The second kappa shape index (κ2) is 11.1. The first-order valence-electron chi connectivity index (χ1n) is 17.5. The molecule has 246 valence electrons. The maximum absolute atomic E-state index is 6.64. The van der Waals surface area contributed by atoms with E-state index in [0.717, 1.165) is 105 Å². The number of benzene rings is 7. The number of fused-ring (bicyclic) bond motifs is 9. The Morgan fingerprint density at radius 3 is 1.52 bits per heavy atom. The van der Waals surface area contributed by atoms with Gasteiger partial charge in [0.2, 0.25) is 0 Å². The normalized spacial score (nSPS) is 14.3. The van der Waals surface area contributed by atoms with Crippen molar-refractivity contribution in [3.05, 3.63) is 163 Å². The molecule has 0 bridgehead atoms. The molecule has 5 nitrogen and oxygen atoms in total. The monoisotopic (exact) mass is 670 g/mol. The van der Waals surface area contributed by atoms with E-state index in [9.17, 15) is 0 Å². The lowest BCUT2D eigenvalue weighted by Crippen LogP contribution is -2.26. The van der Waals surface area contributed by atoms with E-state index in [-0.39, 0.29) is 6.04 Å². The first kappa shape index (κ1) is 28.9. The van der Waals surface area contributed by atoms with Gasteiger partial charge in [0.15, 0.2) is 5.76 Å². The van der Waals surface area contributed by atoms with Crippen LogP contribution in [0.3, 0.4) is 0 Å². The summed E-state index contributed by atoms with van der Waals surface area (Å²) in [6, 6.07) is 53.0. The number of aliphatic imine (C=N–C) groups is 1. The van der Waals surface area contributed by atoms with Crippen LogP contribution in [0.4, 0.5) is 5.69 Å². The van der Waals surface area contributed by atoms with E-state index in [1.54, 1.807) is 0 Å². The fourth-order valence-electron chi connectivity index (χ4n) is 7.97. The van der Waals surface area contributed by atoms with Crippen LogP contribution in [0.15, 0.2) is 170 Å². The predicted octanol–water partition coefficient (Wildman–Crippen LogP) is 12.9. The lowest BCUT2D eigenvalue weighted by molar-refractivity contribution is 0.368. The van der Waals surface area contributed by atoms with Crippen molar-refractivity contribution in [2.24, 2.45) is 4.99 Å². The lowest BCUT2D eigenvalue weighted by Gasteiger charge is -2.28. The standard InChI is InChI=1S/C47H30N2O3/c1-49-27-48-45-39-26-33(29-9-6-8-28(22-29)31-16-19-42-37(24-31)35-12-2-4-14-40(35)50-42)18-21-44(39)52-47(45)46(49)34-11-7-10-30(23-34)32-17-20-43-38(25-32)36-13-3-5-15-41(36)51-43/h2-27,46H,1H3. The highest BCUT2D eigenvalue weighted by Crippen LogP contribution is 2.45. The molecule has 1 aliphatic rings. The van der Waals surface area contributed by atoms with Crippen LogP contribution in [0.2, 0.25) is 0 Å². The van der Waals surface area contributed by atoms with Crippen LogP contribution in [0.5, 0.6) is 0 Å². The predicted molar refractivity (Wildman–Crippen MR) is 211 cm³/mol. The van der Waals surface area contributed by atoms with Gasteiger partial charge in [0.05, 0.1) is 6.34 Å². The second-order valence-corrected chi connectivity index (χ2v) is 13.7. The summed E-state index contributed by atoms with van der Waals surface area (Å²) in [5.41, 5.74) is 13.3. The molecule has 3 aromatic heterocycles. The van der Waals surface area contributed by atoms with Gasteiger partial charge in [-0.3, -0.25) is 0 Å². The molecule has 5 heteroatoms. The Hall–Kier alpha value is -6.85. The first-order chi connectivity index (χ1) is 25.6. The highest BCUT2D eigenvalue weighted by molar-refractivity contribution is 6.07. The minimum atomic E-state index is -0.126. The molecule has 0 saturated heterocycles. The number of rotatable bonds is 4. The third-order valence-electron chi connectivity index (χ3n) is 10.5. The molecule has 7 aromatic carbocycles. The number of hydrogen-bond acceptors (Lipinski definition) is 5. The molecule has 52 heavy (non-hydrogen) atoms. The topological polar surface area (TPSA) is 55.0 Å². The van der Waals surface area contributed by atoms with Gasteiger partial charge in [-0.05, 0) is 99.6 Å². The largest absolute Gasteiger partial charge is 0.456 e. The Morgan fingerprint density at radius 1 is 0.423 bits per heavy atom. The van der Waals surface area contributed by atoms with Gasteiger partial charge in [-0.2, -0.15) is 0 Å². The molecule has 0 spiro atoms. The molecular formula is C47H30N2O3. The van der Waals surface area contributed by atoms with Gasteiger partial charge in [0.1, 0.15) is 39.6 Å². The van der Waals surface area contributed by atoms with Gasteiger partial charge in [0.25, 0.3) is 0 Å². The van der Waals surface area contributed by atoms with Crippen LogP contribution < -0.4 is 0 Å². The molecule has 0 N–H and O–H groups in total. The minimum absolute atomic E-state index is 0.126. The van der Waals surface area contributed by atoms with Crippen molar-refractivity contribution >= 4 is 66.9 Å². The van der Waals surface area contributed by atoms with Gasteiger partial charge in [-0.15, -0.1) is 0 Å². The van der Waals surface area contributed by atoms with Gasteiger partial charge in [-0.25, -0.2) is 4.99 Å². The molecular weight excluding hydrogens is 641 g/mol. The van der Waals surface area contributed by atoms with Crippen LogP contribution in [-0.2, 0) is 0 Å². The minimum Gasteiger partial charge on any atom is -0.456 e. The summed E-state index contributed by atoms with van der Waals surface area (Å²) in [5, 5.41) is 5.51. The van der Waals surface area contributed by atoms with Crippen LogP contribution in [-0.4, -0.2) is 18.3 Å². The summed E-state index contributed by atoms with van der Waals surface area (Å²) in [5.74, 6) is 0.847. The van der Waals surface area contributed by atoms with E-state index in [0.29, 0.717) is 0 Å². The number of furan rings is 3. The Balaban J connectivity index is 0.959. The van der Waals surface area contributed by atoms with Crippen molar-refractivity contribution in [3.63, 3.8) is 0 Å². The van der Waals surface area contributed by atoms with Crippen molar-refractivity contribution in [1.82, 2.24) is 4.90 Å². The Bertz CT molecular complexity index is 3070. The van der Waals surface area contributed by atoms with Gasteiger partial charge in [-0.1, -0.05) is 91.0 Å². The van der Waals surface area contributed by atoms with E-state index >= 15 is 0 Å². The van der Waals surface area contributed by atoms with E-state index in [1.807, 2.05) is 30.6 Å². The summed E-state index contributed by atoms with van der Waals surface area (Å²) >= 11 is 0. The van der Waals surface area contributed by atoms with E-state index in [2.05, 4.69) is 139 Å². The highest BCUT2D eigenvalue weighted by atomic mass is 16.3. The maximum Gasteiger partial charge on any atom is 0.157 e. The first-order valence-corrected chi connectivity index (χ1v) is 17.5. The zero-order valence-corrected chi connectivity index (χ0v) is 28.2. The molecule has 4 heterocycles. The maximum atomic E-state index is 6.64. The molecule has 0 aliphatic carbocycles. The Kier molecular flexibility index (Phi) is 6.16. The number of para-hydroxylation sites is 2. The lowest BCUT2D eigenvalue weighted by atomic mass is 9.95. The van der Waals surface area contributed by atoms with Crippen molar-refractivity contribution in [1.29, 1.82) is 0 Å². The quantitative estimate of drug-likeness (QED) is 0.187. The van der Waals surface area contributed by atoms with Crippen LogP contribution >= 0.6 is 0 Å². The summed E-state index contributed by atoms with van der Waals surface area (Å²) in [6.45, 7) is 0. The van der Waals surface area contributed by atoms with Crippen molar-refractivity contribution < 1.29 is 13.3 Å². The SMILES string of the molecule is CN1C=Nc2c(oc3ccc(-c4cccc(-c5ccc6oc7ccccc7c6c5)c4)cc23)C1c1cccc(-c2ccc3oc4ccccc4c3c2)c1. The average molecular weight is 671 g/mol. The third kappa shape index (κ3) is 4.46. The van der Waals surface area contributed by atoms with Crippen LogP contribution in [0.1, 0.15) is 17.4 Å². The fourth-order valence-corrected chi connectivity index (χ4v) is 7.97. The Morgan fingerprint density at radius 2 is 0.904 bits per heavy atom. The average Bonchev–Trinajstić information content (AvgIpc) is 3.88. The molecule has 10 aromatic rings. The highest BCUT2D eigenvalue weighted by Gasteiger charge is 2.30. The summed E-state index contributed by atoms with van der Waals surface area (Å²) in [4.78, 5) is 7.04. The van der Waals surface area contributed by atoms with Crippen LogP contribution in [0.25, 0.3) is 88.2 Å². The molecule has 0 radical (unpaired) electrons. The smallest absolute Gasteiger partial charge is 0.157 e. The zero-order valence-electron chi connectivity index (χ0n) is 28.2. The van der Waals surface area contributed by atoms with E-state index < -0.39 is 0 Å². The van der Waals surface area contributed by atoms with Crippen LogP contribution in [0, 0.1) is 0 Å². The van der Waals surface area contributed by atoms with E-state index in [1.165, 1.54) is 0 Å². The zero-order chi connectivity index (χ0) is 34.3.